The van der Waals surface area contributed by atoms with Crippen LogP contribution < -0.4 is 10.6 Å². The lowest BCUT2D eigenvalue weighted by Crippen LogP contribution is -2.56. The first-order valence-electron chi connectivity index (χ1n) is 10.5. The van der Waals surface area contributed by atoms with Gasteiger partial charge >= 0.3 is 6.03 Å². The molecule has 2 N–H and O–H groups in total. The lowest BCUT2D eigenvalue weighted by molar-refractivity contribution is -0.135. The molecule has 1 saturated carbocycles. The van der Waals surface area contributed by atoms with Crippen molar-refractivity contribution in [3.8, 4) is 0 Å². The minimum atomic E-state index is -0.806. The Morgan fingerprint density at radius 2 is 1.89 bits per heavy atom. The average Bonchev–Trinajstić information content (AvgIpc) is 2.94. The molecule has 1 aliphatic carbocycles. The zero-order chi connectivity index (χ0) is 19.3. The number of unbranched alkanes of at least 4 members (excludes halogenated alkanes) is 1. The second-order valence-corrected chi connectivity index (χ2v) is 8.06. The Bertz CT molecular complexity index is 642. The molecule has 148 valence electrons. The summed E-state index contributed by atoms with van der Waals surface area (Å²) in [6.07, 6.45) is 7.90. The van der Waals surface area contributed by atoms with Crippen LogP contribution in [0, 0.1) is 5.92 Å². The van der Waals surface area contributed by atoms with Crippen LogP contribution in [0.15, 0.2) is 30.3 Å². The third-order valence-corrected chi connectivity index (χ3v) is 6.13. The Labute approximate surface area is 162 Å². The standard InChI is InChI=1S/C22H33N3O2/c1-3-4-15-23-17(2)25-20(26)22(24-21(25)27,19-13-9-6-10-14-19)16-18-11-7-5-8-12-18/h5,7-8,11-12,17,19,23H,3-4,6,9-10,13-16H2,1-2H3,(H,24,27). The maximum atomic E-state index is 13.6. The summed E-state index contributed by atoms with van der Waals surface area (Å²) in [5.74, 6) is 0.149. The monoisotopic (exact) mass is 371 g/mol. The van der Waals surface area contributed by atoms with E-state index in [1.165, 1.54) is 11.3 Å². The Morgan fingerprint density at radius 1 is 1.19 bits per heavy atom. The molecular weight excluding hydrogens is 338 g/mol. The van der Waals surface area contributed by atoms with Gasteiger partial charge in [0, 0.05) is 6.42 Å². The highest BCUT2D eigenvalue weighted by Gasteiger charge is 2.56. The van der Waals surface area contributed by atoms with Crippen molar-refractivity contribution in [2.75, 3.05) is 6.54 Å². The van der Waals surface area contributed by atoms with Gasteiger partial charge in [-0.3, -0.25) is 10.1 Å². The molecule has 1 aromatic carbocycles. The fourth-order valence-corrected chi connectivity index (χ4v) is 4.60. The molecular formula is C22H33N3O2. The highest BCUT2D eigenvalue weighted by atomic mass is 16.2. The number of urea groups is 1. The number of nitrogens with one attached hydrogen (secondary N) is 2. The first-order valence-corrected chi connectivity index (χ1v) is 10.5. The molecule has 0 bridgehead atoms. The van der Waals surface area contributed by atoms with Gasteiger partial charge in [0.15, 0.2) is 0 Å². The van der Waals surface area contributed by atoms with Crippen molar-refractivity contribution in [1.29, 1.82) is 0 Å². The molecule has 2 atom stereocenters. The molecule has 0 radical (unpaired) electrons. The molecule has 0 spiro atoms. The van der Waals surface area contributed by atoms with E-state index < -0.39 is 5.54 Å². The Morgan fingerprint density at radius 3 is 2.56 bits per heavy atom. The largest absolute Gasteiger partial charge is 0.326 e. The second kappa shape index (κ2) is 8.87. The molecule has 5 nitrogen and oxygen atoms in total. The SMILES string of the molecule is CCCCNC(C)N1C(=O)NC(Cc2ccccc2)(C2CCCCC2)C1=O. The number of amides is 3. The van der Waals surface area contributed by atoms with E-state index in [1.807, 2.05) is 25.1 Å². The van der Waals surface area contributed by atoms with Gasteiger partial charge in [-0.2, -0.15) is 0 Å². The van der Waals surface area contributed by atoms with Gasteiger partial charge in [-0.15, -0.1) is 0 Å². The zero-order valence-corrected chi connectivity index (χ0v) is 16.7. The molecule has 27 heavy (non-hydrogen) atoms. The topological polar surface area (TPSA) is 61.4 Å². The number of nitrogens with zero attached hydrogens (tertiary/aromatic N) is 1. The summed E-state index contributed by atoms with van der Waals surface area (Å²) in [5, 5.41) is 6.49. The van der Waals surface area contributed by atoms with Crippen molar-refractivity contribution in [3.63, 3.8) is 0 Å². The van der Waals surface area contributed by atoms with E-state index in [9.17, 15) is 9.59 Å². The Kier molecular flexibility index (Phi) is 6.53. The van der Waals surface area contributed by atoms with E-state index in [-0.39, 0.29) is 24.0 Å². The van der Waals surface area contributed by atoms with E-state index in [0.29, 0.717) is 6.42 Å². The number of imide groups is 1. The van der Waals surface area contributed by atoms with Crippen LogP contribution in [0.3, 0.4) is 0 Å². The summed E-state index contributed by atoms with van der Waals surface area (Å²) >= 11 is 0. The van der Waals surface area contributed by atoms with Gasteiger partial charge in [0.25, 0.3) is 5.91 Å². The summed E-state index contributed by atoms with van der Waals surface area (Å²) in [4.78, 5) is 27.9. The number of rotatable bonds is 8. The lowest BCUT2D eigenvalue weighted by atomic mass is 9.71. The smallest absolute Gasteiger partial charge is 0.322 e. The number of carbonyl (C=O) groups is 2. The van der Waals surface area contributed by atoms with Crippen molar-refractivity contribution in [2.24, 2.45) is 5.92 Å². The molecule has 1 saturated heterocycles. The second-order valence-electron chi connectivity index (χ2n) is 8.06. The van der Waals surface area contributed by atoms with Crippen LogP contribution in [0.1, 0.15) is 64.4 Å². The minimum absolute atomic E-state index is 0.0558. The van der Waals surface area contributed by atoms with E-state index in [2.05, 4.69) is 29.7 Å². The van der Waals surface area contributed by atoms with Crippen LogP contribution in [0.25, 0.3) is 0 Å². The Balaban J connectivity index is 1.86. The van der Waals surface area contributed by atoms with E-state index >= 15 is 0 Å². The van der Waals surface area contributed by atoms with Gasteiger partial charge in [-0.05, 0) is 44.2 Å². The summed E-state index contributed by atoms with van der Waals surface area (Å²) < 4.78 is 0. The normalized spacial score (nSPS) is 24.9. The fraction of sp³-hybridized carbons (Fsp3) is 0.636. The average molecular weight is 372 g/mol. The molecule has 1 aromatic rings. The molecule has 1 aliphatic heterocycles. The van der Waals surface area contributed by atoms with Crippen LogP contribution in [0.4, 0.5) is 4.79 Å². The van der Waals surface area contributed by atoms with Gasteiger partial charge < -0.3 is 5.32 Å². The van der Waals surface area contributed by atoms with Crippen LogP contribution >= 0.6 is 0 Å². The van der Waals surface area contributed by atoms with Crippen LogP contribution in [-0.2, 0) is 11.2 Å². The first-order chi connectivity index (χ1) is 13.1. The molecule has 2 unspecified atom stereocenters. The quantitative estimate of drug-likeness (QED) is 0.539. The maximum absolute atomic E-state index is 13.6. The summed E-state index contributed by atoms with van der Waals surface area (Å²) in [5.41, 5.74) is 0.296. The van der Waals surface area contributed by atoms with Gasteiger partial charge in [0.2, 0.25) is 0 Å². The third kappa shape index (κ3) is 4.18. The van der Waals surface area contributed by atoms with Gasteiger partial charge in [0.05, 0.1) is 6.17 Å². The number of hydrogen-bond donors (Lipinski definition) is 2. The van der Waals surface area contributed by atoms with Crippen LogP contribution in [0.2, 0.25) is 0 Å². The van der Waals surface area contributed by atoms with Crippen LogP contribution in [0.5, 0.6) is 0 Å². The van der Waals surface area contributed by atoms with Gasteiger partial charge in [0.1, 0.15) is 5.54 Å². The molecule has 2 fully saturated rings. The van der Waals surface area contributed by atoms with E-state index in [0.717, 1.165) is 50.6 Å². The molecule has 0 aromatic heterocycles. The van der Waals surface area contributed by atoms with Gasteiger partial charge in [-0.25, -0.2) is 9.69 Å². The van der Waals surface area contributed by atoms with E-state index in [1.54, 1.807) is 0 Å². The van der Waals surface area contributed by atoms with Crippen molar-refractivity contribution in [3.05, 3.63) is 35.9 Å². The van der Waals surface area contributed by atoms with Crippen molar-refractivity contribution < 1.29 is 9.59 Å². The number of hydrogen-bond acceptors (Lipinski definition) is 3. The maximum Gasteiger partial charge on any atom is 0.326 e. The lowest BCUT2D eigenvalue weighted by Gasteiger charge is -2.38. The summed E-state index contributed by atoms with van der Waals surface area (Å²) in [6.45, 7) is 4.85. The molecule has 3 amide bonds. The van der Waals surface area contributed by atoms with Crippen molar-refractivity contribution in [1.82, 2.24) is 15.5 Å². The minimum Gasteiger partial charge on any atom is -0.322 e. The van der Waals surface area contributed by atoms with Gasteiger partial charge in [-0.1, -0.05) is 62.9 Å². The van der Waals surface area contributed by atoms with Crippen LogP contribution in [-0.4, -0.2) is 35.1 Å². The molecule has 5 heteroatoms. The molecule has 3 rings (SSSR count). The number of carbonyl (C=O) groups excluding carboxylic acids is 2. The highest BCUT2D eigenvalue weighted by Crippen LogP contribution is 2.39. The Hall–Kier alpha value is -1.88. The predicted octanol–water partition coefficient (Wildman–Crippen LogP) is 3.84. The molecule has 2 aliphatic rings. The van der Waals surface area contributed by atoms with E-state index in [4.69, 9.17) is 0 Å². The molecule has 1 heterocycles. The summed E-state index contributed by atoms with van der Waals surface area (Å²) in [6, 6.07) is 9.83. The predicted molar refractivity (Wildman–Crippen MR) is 107 cm³/mol. The zero-order valence-electron chi connectivity index (χ0n) is 16.7. The highest BCUT2D eigenvalue weighted by molar-refractivity contribution is 6.07. The van der Waals surface area contributed by atoms with Crippen molar-refractivity contribution in [2.45, 2.75) is 76.9 Å². The third-order valence-electron chi connectivity index (χ3n) is 6.13. The number of benzene rings is 1. The first kappa shape index (κ1) is 19.9. The fourth-order valence-electron chi connectivity index (χ4n) is 4.60. The summed E-state index contributed by atoms with van der Waals surface area (Å²) in [7, 11) is 0. The van der Waals surface area contributed by atoms with Crippen molar-refractivity contribution >= 4 is 11.9 Å².